The minimum Gasteiger partial charge on any atom is -0.462 e. The van der Waals surface area contributed by atoms with Crippen molar-refractivity contribution in [1.29, 1.82) is 5.26 Å². The molecule has 2 N–H and O–H groups in total. The molecule has 1 aliphatic rings. The fourth-order valence-corrected chi connectivity index (χ4v) is 7.21. The number of hydrogen-bond acceptors (Lipinski definition) is 9. The lowest BCUT2D eigenvalue weighted by Gasteiger charge is -2.12. The van der Waals surface area contributed by atoms with Crippen molar-refractivity contribution in [3.05, 3.63) is 36.8 Å². The number of rotatable bonds is 7. The molecule has 0 saturated carbocycles. The van der Waals surface area contributed by atoms with Gasteiger partial charge in [-0.3, -0.25) is 9.36 Å². The predicted octanol–water partition coefficient (Wildman–Crippen LogP) is 4.34. The lowest BCUT2D eigenvalue weighted by Crippen LogP contribution is -2.23. The summed E-state index contributed by atoms with van der Waals surface area (Å²) in [4.78, 5) is 32.9. The van der Waals surface area contributed by atoms with Gasteiger partial charge in [0.15, 0.2) is 5.16 Å². The standard InChI is InChI=1S/C21H22N4O3S3/c1-3-8-25-19(26)15-11-6-5-7-14(11)30-18(15)24-21(25)29-10-13-12(9-22)17(23)31-16(13)20(27)28-4-2/h3-8,10,23H2,1-2H3. The van der Waals surface area contributed by atoms with Gasteiger partial charge in [-0.25, -0.2) is 9.78 Å². The van der Waals surface area contributed by atoms with Crippen LogP contribution in [-0.2, 0) is 29.9 Å². The first-order valence-corrected chi connectivity index (χ1v) is 12.8. The van der Waals surface area contributed by atoms with Crippen molar-refractivity contribution in [3.63, 3.8) is 0 Å². The predicted molar refractivity (Wildman–Crippen MR) is 125 cm³/mol. The quantitative estimate of drug-likeness (QED) is 0.308. The van der Waals surface area contributed by atoms with Crippen LogP contribution in [0.2, 0.25) is 0 Å². The van der Waals surface area contributed by atoms with Crippen LogP contribution in [0.4, 0.5) is 5.00 Å². The lowest BCUT2D eigenvalue weighted by molar-refractivity contribution is 0.0531. The third kappa shape index (κ3) is 3.86. The van der Waals surface area contributed by atoms with Gasteiger partial charge < -0.3 is 10.5 Å². The molecule has 0 bridgehead atoms. The Labute approximate surface area is 191 Å². The number of nitrogen functional groups attached to an aromatic ring is 1. The van der Waals surface area contributed by atoms with Gasteiger partial charge in [-0.1, -0.05) is 18.7 Å². The Morgan fingerprint density at radius 1 is 1.35 bits per heavy atom. The van der Waals surface area contributed by atoms with E-state index in [1.165, 1.54) is 22.2 Å². The second kappa shape index (κ2) is 9.02. The number of thiophene rings is 2. The summed E-state index contributed by atoms with van der Waals surface area (Å²) in [7, 11) is 0. The van der Waals surface area contributed by atoms with Crippen LogP contribution in [0.25, 0.3) is 10.2 Å². The molecule has 0 aliphatic heterocycles. The molecular formula is C21H22N4O3S3. The molecule has 162 valence electrons. The molecule has 0 unspecified atom stereocenters. The van der Waals surface area contributed by atoms with Gasteiger partial charge in [-0.15, -0.1) is 22.7 Å². The molecule has 31 heavy (non-hydrogen) atoms. The van der Waals surface area contributed by atoms with Crippen LogP contribution in [0.3, 0.4) is 0 Å². The number of nitrogens with zero attached hydrogens (tertiary/aromatic N) is 3. The zero-order valence-electron chi connectivity index (χ0n) is 17.3. The second-order valence-corrected chi connectivity index (χ2v) is 10.2. The molecule has 0 radical (unpaired) electrons. The first kappa shape index (κ1) is 21.9. The number of carbonyl (C=O) groups excluding carboxylic acids is 1. The number of carbonyl (C=O) groups is 1. The summed E-state index contributed by atoms with van der Waals surface area (Å²) in [6.45, 7) is 4.56. The van der Waals surface area contributed by atoms with E-state index in [0.717, 1.165) is 47.2 Å². The Balaban J connectivity index is 1.75. The molecule has 0 saturated heterocycles. The lowest BCUT2D eigenvalue weighted by atomic mass is 10.2. The first-order chi connectivity index (χ1) is 15.0. The number of hydrogen-bond donors (Lipinski definition) is 1. The Hall–Kier alpha value is -2.35. The molecule has 7 nitrogen and oxygen atoms in total. The minimum atomic E-state index is -0.486. The van der Waals surface area contributed by atoms with Gasteiger partial charge in [0.2, 0.25) is 0 Å². The maximum absolute atomic E-state index is 13.3. The summed E-state index contributed by atoms with van der Waals surface area (Å²) in [6, 6.07) is 2.10. The number of nitriles is 1. The summed E-state index contributed by atoms with van der Waals surface area (Å²) in [5.74, 6) is -0.183. The van der Waals surface area contributed by atoms with Crippen LogP contribution in [0.1, 0.15) is 57.9 Å². The molecule has 3 aromatic heterocycles. The topological polar surface area (TPSA) is 111 Å². The third-order valence-electron chi connectivity index (χ3n) is 5.19. The maximum atomic E-state index is 13.3. The van der Waals surface area contributed by atoms with Crippen LogP contribution in [-0.4, -0.2) is 22.1 Å². The molecule has 0 atom stereocenters. The van der Waals surface area contributed by atoms with Gasteiger partial charge in [-0.2, -0.15) is 5.26 Å². The molecule has 0 spiro atoms. The summed E-state index contributed by atoms with van der Waals surface area (Å²) in [5, 5.41) is 11.2. The second-order valence-electron chi connectivity index (χ2n) is 7.16. The number of aryl methyl sites for hydroxylation is 2. The molecule has 0 aromatic carbocycles. The highest BCUT2D eigenvalue weighted by Gasteiger charge is 2.26. The average Bonchev–Trinajstić information content (AvgIpc) is 3.41. The van der Waals surface area contributed by atoms with Gasteiger partial charge in [0, 0.05) is 22.7 Å². The van der Waals surface area contributed by atoms with E-state index in [1.54, 1.807) is 22.8 Å². The molecule has 4 rings (SSSR count). The van der Waals surface area contributed by atoms with Crippen molar-refractivity contribution in [3.8, 4) is 6.07 Å². The Kier molecular flexibility index (Phi) is 6.36. The summed E-state index contributed by atoms with van der Waals surface area (Å²) < 4.78 is 6.86. The smallest absolute Gasteiger partial charge is 0.348 e. The average molecular weight is 475 g/mol. The Morgan fingerprint density at radius 2 is 2.16 bits per heavy atom. The zero-order valence-corrected chi connectivity index (χ0v) is 19.8. The molecule has 3 heterocycles. The fourth-order valence-electron chi connectivity index (χ4n) is 3.83. The molecule has 0 amide bonds. The summed E-state index contributed by atoms with van der Waals surface area (Å²) >= 11 is 4.03. The van der Waals surface area contributed by atoms with E-state index in [9.17, 15) is 14.9 Å². The Bertz CT molecular complexity index is 1270. The van der Waals surface area contributed by atoms with E-state index in [4.69, 9.17) is 15.5 Å². The van der Waals surface area contributed by atoms with Gasteiger partial charge >= 0.3 is 5.97 Å². The number of anilines is 1. The summed E-state index contributed by atoms with van der Waals surface area (Å²) in [5.41, 5.74) is 7.99. The van der Waals surface area contributed by atoms with Crippen LogP contribution >= 0.6 is 34.4 Å². The number of aromatic nitrogens is 2. The van der Waals surface area contributed by atoms with Crippen molar-refractivity contribution in [2.45, 2.75) is 57.0 Å². The molecule has 10 heteroatoms. The molecular weight excluding hydrogens is 452 g/mol. The number of thioether (sulfide) groups is 1. The molecule has 0 fully saturated rings. The van der Waals surface area contributed by atoms with Gasteiger partial charge in [-0.05, 0) is 38.2 Å². The van der Waals surface area contributed by atoms with E-state index in [2.05, 4.69) is 6.07 Å². The van der Waals surface area contributed by atoms with Crippen molar-refractivity contribution in [2.75, 3.05) is 12.3 Å². The highest BCUT2D eigenvalue weighted by atomic mass is 32.2. The SMILES string of the molecule is CCCn1c(SCc2c(C(=O)OCC)sc(N)c2C#N)nc2sc3c(c2c1=O)CCC3. The largest absolute Gasteiger partial charge is 0.462 e. The summed E-state index contributed by atoms with van der Waals surface area (Å²) in [6.07, 6.45) is 3.84. The van der Waals surface area contributed by atoms with E-state index in [-0.39, 0.29) is 12.2 Å². The van der Waals surface area contributed by atoms with Crippen molar-refractivity contribution < 1.29 is 9.53 Å². The number of nitrogens with two attached hydrogens (primary N) is 1. The van der Waals surface area contributed by atoms with Gasteiger partial charge in [0.25, 0.3) is 5.56 Å². The fraction of sp³-hybridized carbons (Fsp3) is 0.429. The van der Waals surface area contributed by atoms with Crippen LogP contribution in [0, 0.1) is 11.3 Å². The van der Waals surface area contributed by atoms with E-state index >= 15 is 0 Å². The van der Waals surface area contributed by atoms with Crippen molar-refractivity contribution >= 4 is 55.6 Å². The zero-order chi connectivity index (χ0) is 22.1. The minimum absolute atomic E-state index is 0.00436. The number of ether oxygens (including phenoxy) is 1. The normalized spacial score (nSPS) is 12.8. The van der Waals surface area contributed by atoms with Gasteiger partial charge in [0.1, 0.15) is 20.8 Å². The third-order valence-corrected chi connectivity index (χ3v) is 8.42. The number of esters is 1. The van der Waals surface area contributed by atoms with Crippen LogP contribution in [0.5, 0.6) is 0 Å². The highest BCUT2D eigenvalue weighted by Crippen LogP contribution is 2.38. The highest BCUT2D eigenvalue weighted by molar-refractivity contribution is 7.98. The van der Waals surface area contributed by atoms with Crippen LogP contribution in [0.15, 0.2) is 9.95 Å². The maximum Gasteiger partial charge on any atom is 0.348 e. The van der Waals surface area contributed by atoms with Crippen molar-refractivity contribution in [1.82, 2.24) is 9.55 Å². The Morgan fingerprint density at radius 3 is 2.87 bits per heavy atom. The van der Waals surface area contributed by atoms with E-state index in [1.807, 2.05) is 6.92 Å². The molecule has 1 aliphatic carbocycles. The van der Waals surface area contributed by atoms with Crippen molar-refractivity contribution in [2.24, 2.45) is 0 Å². The number of fused-ring (bicyclic) bond motifs is 3. The van der Waals surface area contributed by atoms with E-state index < -0.39 is 5.97 Å². The van der Waals surface area contributed by atoms with Crippen LogP contribution < -0.4 is 11.3 Å². The molecule has 3 aromatic rings. The monoisotopic (exact) mass is 474 g/mol. The first-order valence-electron chi connectivity index (χ1n) is 10.2. The van der Waals surface area contributed by atoms with E-state index in [0.29, 0.717) is 38.5 Å². The van der Waals surface area contributed by atoms with Gasteiger partial charge in [0.05, 0.1) is 17.6 Å².